The molecule has 1 fully saturated rings. The largest absolute Gasteiger partial charge is 0.463 e. The van der Waals surface area contributed by atoms with Crippen LogP contribution in [0.2, 0.25) is 0 Å². The zero-order valence-corrected chi connectivity index (χ0v) is 17.4. The fourth-order valence-corrected chi connectivity index (χ4v) is 4.20. The van der Waals surface area contributed by atoms with Gasteiger partial charge in [0.05, 0.1) is 12.2 Å². The number of amidine groups is 1. The Kier molecular flexibility index (Phi) is 6.16. The standard InChI is InChI=1S/C19H19BrFN3O2S/c1-4-22-18(27-3)17-23-16(12-7-6-11(21)10-13(12)20)15(19(25)26-5-2)14-8-9-24(14)17/h4,6-7,10,16H,1,5,8-9H2,2-3H3. The lowest BCUT2D eigenvalue weighted by Gasteiger charge is -2.43. The Labute approximate surface area is 170 Å². The fraction of sp³-hybridized carbons (Fsp3) is 0.316. The molecule has 0 aliphatic carbocycles. The number of hydrogen-bond acceptors (Lipinski definition) is 6. The van der Waals surface area contributed by atoms with Crippen molar-refractivity contribution in [3.8, 4) is 0 Å². The number of esters is 1. The van der Waals surface area contributed by atoms with Crippen molar-refractivity contribution < 1.29 is 13.9 Å². The maximum absolute atomic E-state index is 13.6. The Morgan fingerprint density at radius 1 is 1.59 bits per heavy atom. The molecule has 0 bridgehead atoms. The average molecular weight is 452 g/mol. The quantitative estimate of drug-likeness (QED) is 0.376. The number of carbonyl (C=O) groups is 1. The zero-order valence-electron chi connectivity index (χ0n) is 15.0. The van der Waals surface area contributed by atoms with E-state index >= 15 is 0 Å². The van der Waals surface area contributed by atoms with Crippen LogP contribution >= 0.6 is 27.7 Å². The molecule has 0 radical (unpaired) electrons. The van der Waals surface area contributed by atoms with E-state index in [9.17, 15) is 9.18 Å². The van der Waals surface area contributed by atoms with Gasteiger partial charge in [-0.3, -0.25) is 4.99 Å². The molecule has 142 valence electrons. The molecular weight excluding hydrogens is 433 g/mol. The third kappa shape index (κ3) is 3.73. The van der Waals surface area contributed by atoms with Crippen molar-refractivity contribution in [2.24, 2.45) is 9.98 Å². The first-order valence-corrected chi connectivity index (χ1v) is 10.5. The van der Waals surface area contributed by atoms with E-state index in [0.29, 0.717) is 26.5 Å². The van der Waals surface area contributed by atoms with Gasteiger partial charge in [-0.2, -0.15) is 0 Å². The van der Waals surface area contributed by atoms with Gasteiger partial charge in [0.15, 0.2) is 5.84 Å². The van der Waals surface area contributed by atoms with Crippen LogP contribution in [0.4, 0.5) is 4.39 Å². The minimum Gasteiger partial charge on any atom is -0.463 e. The molecule has 5 nitrogen and oxygen atoms in total. The Hall–Kier alpha value is -1.93. The van der Waals surface area contributed by atoms with Crippen LogP contribution in [0, 0.1) is 5.82 Å². The van der Waals surface area contributed by atoms with Crippen molar-refractivity contribution in [2.75, 3.05) is 19.4 Å². The summed E-state index contributed by atoms with van der Waals surface area (Å²) in [5, 5.41) is 0.716. The number of hydrogen-bond donors (Lipinski definition) is 0. The molecule has 0 spiro atoms. The maximum atomic E-state index is 13.6. The predicted octanol–water partition coefficient (Wildman–Crippen LogP) is 4.47. The van der Waals surface area contributed by atoms with Crippen molar-refractivity contribution in [2.45, 2.75) is 19.4 Å². The number of rotatable bonds is 5. The molecule has 2 heterocycles. The van der Waals surface area contributed by atoms with Crippen LogP contribution in [-0.4, -0.2) is 41.2 Å². The van der Waals surface area contributed by atoms with Crippen LogP contribution in [0.3, 0.4) is 0 Å². The number of aliphatic imine (C=N–C) groups is 2. The van der Waals surface area contributed by atoms with Gasteiger partial charge in [0, 0.05) is 29.3 Å². The molecule has 0 aromatic heterocycles. The van der Waals surface area contributed by atoms with Gasteiger partial charge in [0.1, 0.15) is 16.9 Å². The highest BCUT2D eigenvalue weighted by Crippen LogP contribution is 2.42. The highest BCUT2D eigenvalue weighted by atomic mass is 79.9. The van der Waals surface area contributed by atoms with Crippen LogP contribution in [0.5, 0.6) is 0 Å². The summed E-state index contributed by atoms with van der Waals surface area (Å²) in [5.41, 5.74) is 2.08. The summed E-state index contributed by atoms with van der Waals surface area (Å²) in [4.78, 5) is 23.8. The summed E-state index contributed by atoms with van der Waals surface area (Å²) in [6.07, 6.45) is 4.14. The van der Waals surface area contributed by atoms with Crippen LogP contribution < -0.4 is 0 Å². The van der Waals surface area contributed by atoms with Gasteiger partial charge in [0.2, 0.25) is 0 Å². The smallest absolute Gasteiger partial charge is 0.338 e. The average Bonchev–Trinajstić information content (AvgIpc) is 2.60. The molecule has 8 heteroatoms. The van der Waals surface area contributed by atoms with E-state index in [1.54, 1.807) is 13.0 Å². The third-order valence-electron chi connectivity index (χ3n) is 4.34. The molecule has 3 rings (SSSR count). The first-order valence-electron chi connectivity index (χ1n) is 8.45. The minimum atomic E-state index is -0.595. The number of fused-ring (bicyclic) bond motifs is 1. The van der Waals surface area contributed by atoms with E-state index in [4.69, 9.17) is 9.73 Å². The van der Waals surface area contributed by atoms with E-state index in [1.807, 2.05) is 11.2 Å². The minimum absolute atomic E-state index is 0.275. The number of nitrogens with zero attached hydrogens (tertiary/aromatic N) is 3. The molecule has 27 heavy (non-hydrogen) atoms. The lowest BCUT2D eigenvalue weighted by Crippen LogP contribution is -2.48. The van der Waals surface area contributed by atoms with Gasteiger partial charge in [-0.05, 0) is 30.9 Å². The van der Waals surface area contributed by atoms with Crippen molar-refractivity contribution in [1.29, 1.82) is 0 Å². The van der Waals surface area contributed by atoms with Crippen molar-refractivity contribution >= 4 is 44.5 Å². The normalized spacial score (nSPS) is 19.3. The van der Waals surface area contributed by atoms with E-state index in [-0.39, 0.29) is 12.4 Å². The maximum Gasteiger partial charge on any atom is 0.338 e. The Balaban J connectivity index is 2.16. The summed E-state index contributed by atoms with van der Waals surface area (Å²) in [6.45, 7) is 6.46. The second-order valence-corrected chi connectivity index (χ2v) is 7.47. The number of benzene rings is 1. The highest BCUT2D eigenvalue weighted by Gasteiger charge is 2.41. The Morgan fingerprint density at radius 3 is 2.93 bits per heavy atom. The molecule has 1 saturated heterocycles. The summed E-state index contributed by atoms with van der Waals surface area (Å²) in [6, 6.07) is 3.78. The lowest BCUT2D eigenvalue weighted by molar-refractivity contribution is -0.139. The number of ether oxygens (including phenoxy) is 1. The third-order valence-corrected chi connectivity index (χ3v) is 5.70. The van der Waals surface area contributed by atoms with Gasteiger partial charge >= 0.3 is 5.97 Å². The first-order chi connectivity index (χ1) is 13.0. The molecule has 1 aromatic rings. The van der Waals surface area contributed by atoms with Crippen LogP contribution in [-0.2, 0) is 9.53 Å². The monoisotopic (exact) mass is 451 g/mol. The number of thioether (sulfide) groups is 1. The van der Waals surface area contributed by atoms with Crippen molar-refractivity contribution in [3.05, 3.63) is 58.1 Å². The summed E-state index contributed by atoms with van der Waals surface area (Å²) in [5.74, 6) is -0.0650. The van der Waals surface area contributed by atoms with Gasteiger partial charge in [0.25, 0.3) is 0 Å². The van der Waals surface area contributed by atoms with Crippen molar-refractivity contribution in [1.82, 2.24) is 4.90 Å². The molecule has 0 saturated carbocycles. The SMILES string of the molecule is C=CN=C(SC)C1=NC(c2ccc(F)cc2Br)C(C(=O)OCC)=C2CCN12. The molecule has 1 unspecified atom stereocenters. The fourth-order valence-electron chi connectivity index (χ4n) is 3.11. The molecule has 0 amide bonds. The second-order valence-electron chi connectivity index (χ2n) is 5.82. The molecule has 2 aliphatic heterocycles. The molecular formula is C19H19BrFN3O2S. The highest BCUT2D eigenvalue weighted by molar-refractivity contribution is 9.10. The van der Waals surface area contributed by atoms with Gasteiger partial charge in [-0.25, -0.2) is 14.2 Å². The Bertz CT molecular complexity index is 882. The van der Waals surface area contributed by atoms with E-state index in [2.05, 4.69) is 27.5 Å². The van der Waals surface area contributed by atoms with Gasteiger partial charge in [-0.15, -0.1) is 11.8 Å². The second kappa shape index (κ2) is 8.39. The van der Waals surface area contributed by atoms with Crippen molar-refractivity contribution in [3.63, 3.8) is 0 Å². The van der Waals surface area contributed by atoms with Gasteiger partial charge in [-0.1, -0.05) is 28.6 Å². The summed E-state index contributed by atoms with van der Waals surface area (Å²) >= 11 is 4.87. The van der Waals surface area contributed by atoms with E-state index < -0.39 is 12.0 Å². The van der Waals surface area contributed by atoms with Crippen LogP contribution in [0.25, 0.3) is 0 Å². The zero-order chi connectivity index (χ0) is 19.6. The van der Waals surface area contributed by atoms with Gasteiger partial charge < -0.3 is 9.64 Å². The van der Waals surface area contributed by atoms with Crippen LogP contribution in [0.1, 0.15) is 24.9 Å². The molecule has 1 aromatic carbocycles. The summed E-state index contributed by atoms with van der Waals surface area (Å²) in [7, 11) is 0. The molecule has 1 atom stereocenters. The summed E-state index contributed by atoms with van der Waals surface area (Å²) < 4.78 is 19.4. The Morgan fingerprint density at radius 2 is 2.37 bits per heavy atom. The predicted molar refractivity (Wildman–Crippen MR) is 110 cm³/mol. The molecule has 0 N–H and O–H groups in total. The van der Waals surface area contributed by atoms with E-state index in [1.165, 1.54) is 30.1 Å². The van der Waals surface area contributed by atoms with E-state index in [0.717, 1.165) is 18.7 Å². The number of carbonyl (C=O) groups excluding carboxylic acids is 1. The first kappa shape index (κ1) is 19.8. The lowest BCUT2D eigenvalue weighted by atomic mass is 9.90. The number of halogens is 2. The molecule has 2 aliphatic rings. The topological polar surface area (TPSA) is 54.3 Å². The van der Waals surface area contributed by atoms with Crippen LogP contribution in [0.15, 0.2) is 56.7 Å².